The lowest BCUT2D eigenvalue weighted by Crippen LogP contribution is -2.54. The minimum absolute atomic E-state index is 0.00677. The maximum Gasteiger partial charge on any atom is 0.0658 e. The summed E-state index contributed by atoms with van der Waals surface area (Å²) in [7, 11) is 0. The highest BCUT2D eigenvalue weighted by atomic mass is 32.2. The summed E-state index contributed by atoms with van der Waals surface area (Å²) < 4.78 is 0.0216. The molecule has 0 radical (unpaired) electrons. The van der Waals surface area contributed by atoms with Gasteiger partial charge < -0.3 is 9.80 Å². The second-order valence-electron chi connectivity index (χ2n) is 17.7. The molecule has 4 heteroatoms. The molecule has 0 N–H and O–H groups in total. The number of nitrogens with zero attached hydrogens (tertiary/aromatic N) is 2. The first-order valence-corrected chi connectivity index (χ1v) is 23.9. The number of benzene rings is 7. The molecule has 58 heavy (non-hydrogen) atoms. The third-order valence-electron chi connectivity index (χ3n) is 15.2. The van der Waals surface area contributed by atoms with E-state index in [1.54, 1.807) is 0 Å². The van der Waals surface area contributed by atoms with E-state index in [4.69, 9.17) is 0 Å². The van der Waals surface area contributed by atoms with Crippen LogP contribution >= 0.6 is 23.5 Å². The molecule has 2 heterocycles. The fourth-order valence-corrected chi connectivity index (χ4v) is 15.4. The highest BCUT2D eigenvalue weighted by Crippen LogP contribution is 2.67. The molecule has 4 aliphatic rings. The van der Waals surface area contributed by atoms with Crippen molar-refractivity contribution in [3.8, 4) is 22.3 Å². The van der Waals surface area contributed by atoms with Crippen molar-refractivity contribution in [1.29, 1.82) is 0 Å². The average molecular weight is 793 g/mol. The van der Waals surface area contributed by atoms with Crippen molar-refractivity contribution >= 4 is 67.8 Å². The van der Waals surface area contributed by atoms with Crippen molar-refractivity contribution in [2.24, 2.45) is 0 Å². The van der Waals surface area contributed by atoms with E-state index in [-0.39, 0.29) is 20.6 Å². The molecule has 4 unspecified atom stereocenters. The molecule has 0 bridgehead atoms. The van der Waals surface area contributed by atoms with Crippen molar-refractivity contribution in [2.45, 2.75) is 85.8 Å². The van der Waals surface area contributed by atoms with Gasteiger partial charge in [0, 0.05) is 22.7 Å². The average Bonchev–Trinajstić information content (AvgIpc) is 3.65. The van der Waals surface area contributed by atoms with Gasteiger partial charge in [-0.1, -0.05) is 123 Å². The van der Waals surface area contributed by atoms with Crippen LogP contribution in [-0.4, -0.2) is 23.6 Å². The summed E-state index contributed by atoms with van der Waals surface area (Å²) in [6.45, 7) is 5.09. The second-order valence-corrected chi connectivity index (χ2v) is 19.9. The van der Waals surface area contributed by atoms with Crippen LogP contribution in [0.4, 0.5) is 22.7 Å². The van der Waals surface area contributed by atoms with Gasteiger partial charge >= 0.3 is 0 Å². The molecule has 11 rings (SSSR count). The fourth-order valence-electron chi connectivity index (χ4n) is 12.6. The van der Waals surface area contributed by atoms with E-state index in [0.29, 0.717) is 0 Å². The third kappa shape index (κ3) is 4.76. The molecule has 2 fully saturated rings. The molecular formula is C54H52N2S2. The molecule has 290 valence electrons. The van der Waals surface area contributed by atoms with Gasteiger partial charge in [-0.25, -0.2) is 0 Å². The maximum absolute atomic E-state index is 2.70. The van der Waals surface area contributed by atoms with Crippen molar-refractivity contribution < 1.29 is 0 Å². The Labute approximate surface area is 353 Å². The van der Waals surface area contributed by atoms with Crippen LogP contribution in [0.3, 0.4) is 0 Å². The minimum Gasteiger partial charge on any atom is -0.334 e. The first-order chi connectivity index (χ1) is 28.4. The SMILES string of the molecule is CSC12CCCCC1(C)N(c1ccccc1)c1ccc(-c3c4ccccc4c(-c4ccc5c(c4)C4(SC)CCCCC4(C)N5c4ccccc4)c4ccccc34)cc12. The topological polar surface area (TPSA) is 6.48 Å². The van der Waals surface area contributed by atoms with Gasteiger partial charge in [0.2, 0.25) is 0 Å². The largest absolute Gasteiger partial charge is 0.334 e. The van der Waals surface area contributed by atoms with Gasteiger partial charge in [0.1, 0.15) is 0 Å². The fraction of sp³-hybridized carbons (Fsp3) is 0.296. The van der Waals surface area contributed by atoms with Crippen LogP contribution in [0.2, 0.25) is 0 Å². The lowest BCUT2D eigenvalue weighted by molar-refractivity contribution is 0.262. The summed E-state index contributed by atoms with van der Waals surface area (Å²) in [5, 5.41) is 5.30. The predicted molar refractivity (Wildman–Crippen MR) is 254 cm³/mol. The molecule has 0 saturated heterocycles. The Morgan fingerprint density at radius 2 is 0.759 bits per heavy atom. The van der Waals surface area contributed by atoms with Gasteiger partial charge in [-0.2, -0.15) is 23.5 Å². The zero-order valence-electron chi connectivity index (χ0n) is 34.2. The van der Waals surface area contributed by atoms with Crippen LogP contribution in [0.1, 0.15) is 76.3 Å². The number of anilines is 4. The van der Waals surface area contributed by atoms with Crippen LogP contribution < -0.4 is 9.80 Å². The number of para-hydroxylation sites is 2. The van der Waals surface area contributed by atoms with Gasteiger partial charge in [-0.3, -0.25) is 0 Å². The van der Waals surface area contributed by atoms with Crippen LogP contribution in [0.5, 0.6) is 0 Å². The van der Waals surface area contributed by atoms with E-state index < -0.39 is 0 Å². The second kappa shape index (κ2) is 13.4. The Morgan fingerprint density at radius 3 is 1.12 bits per heavy atom. The Kier molecular flexibility index (Phi) is 8.45. The van der Waals surface area contributed by atoms with Crippen LogP contribution in [0.15, 0.2) is 146 Å². The minimum atomic E-state index is -0.00677. The van der Waals surface area contributed by atoms with Crippen LogP contribution in [0, 0.1) is 0 Å². The van der Waals surface area contributed by atoms with Gasteiger partial charge in [-0.05, 0) is 155 Å². The molecular weight excluding hydrogens is 741 g/mol. The Bertz CT molecular complexity index is 2480. The molecule has 0 spiro atoms. The van der Waals surface area contributed by atoms with Crippen molar-refractivity contribution in [3.05, 3.63) is 157 Å². The summed E-state index contributed by atoms with van der Waals surface area (Å²) in [5.41, 5.74) is 13.7. The molecule has 4 atom stereocenters. The number of hydrogen-bond donors (Lipinski definition) is 0. The molecule has 7 aromatic carbocycles. The van der Waals surface area contributed by atoms with Gasteiger partial charge in [0.25, 0.3) is 0 Å². The monoisotopic (exact) mass is 792 g/mol. The van der Waals surface area contributed by atoms with Crippen molar-refractivity contribution in [3.63, 3.8) is 0 Å². The van der Waals surface area contributed by atoms with Gasteiger partial charge in [0.15, 0.2) is 0 Å². The summed E-state index contributed by atoms with van der Waals surface area (Å²) in [6.07, 6.45) is 14.6. The first-order valence-electron chi connectivity index (χ1n) is 21.4. The molecule has 0 amide bonds. The molecule has 2 nitrogen and oxygen atoms in total. The first kappa shape index (κ1) is 36.4. The normalized spacial score (nSPS) is 26.1. The zero-order valence-corrected chi connectivity index (χ0v) is 35.9. The smallest absolute Gasteiger partial charge is 0.0658 e. The van der Waals surface area contributed by atoms with E-state index in [1.165, 1.54) is 129 Å². The zero-order chi connectivity index (χ0) is 39.3. The summed E-state index contributed by atoms with van der Waals surface area (Å²) in [6, 6.07) is 55.8. The van der Waals surface area contributed by atoms with E-state index in [2.05, 4.69) is 205 Å². The summed E-state index contributed by atoms with van der Waals surface area (Å²) in [5.74, 6) is 0. The number of thioether (sulfide) groups is 2. The maximum atomic E-state index is 2.70. The molecule has 0 aromatic heterocycles. The molecule has 2 saturated carbocycles. The highest BCUT2D eigenvalue weighted by molar-refractivity contribution is 7.99. The van der Waals surface area contributed by atoms with E-state index in [1.807, 2.05) is 0 Å². The van der Waals surface area contributed by atoms with E-state index in [0.717, 1.165) is 0 Å². The van der Waals surface area contributed by atoms with Crippen molar-refractivity contribution in [1.82, 2.24) is 0 Å². The van der Waals surface area contributed by atoms with Crippen LogP contribution in [0.25, 0.3) is 43.8 Å². The highest BCUT2D eigenvalue weighted by Gasteiger charge is 2.61. The molecule has 2 aliphatic carbocycles. The Morgan fingerprint density at radius 1 is 0.414 bits per heavy atom. The summed E-state index contributed by atoms with van der Waals surface area (Å²) >= 11 is 4.17. The Balaban J connectivity index is 1.13. The quantitative estimate of drug-likeness (QED) is 0.155. The lowest BCUT2D eigenvalue weighted by atomic mass is 9.71. The van der Waals surface area contributed by atoms with E-state index in [9.17, 15) is 0 Å². The molecule has 2 aliphatic heterocycles. The standard InChI is InChI=1S/C54H52N2S2/c1-51-31-15-17-33-53(51,57-3)45-35-37(27-29-47(45)55(51)39-19-7-5-8-20-39)49-41-23-11-13-25-43(41)50(44-26-14-12-24-42(44)49)38-28-30-48-46(36-38)54(58-4)34-18-16-32-52(54,2)56(48)40-21-9-6-10-22-40/h5-14,19-30,35-36H,15-18,31-34H2,1-4H3. The van der Waals surface area contributed by atoms with Crippen LogP contribution in [-0.2, 0) is 9.49 Å². The van der Waals surface area contributed by atoms with Gasteiger partial charge in [0.05, 0.1) is 20.6 Å². The lowest BCUT2D eigenvalue weighted by Gasteiger charge is -2.51. The van der Waals surface area contributed by atoms with Crippen molar-refractivity contribution in [2.75, 3.05) is 22.3 Å². The van der Waals surface area contributed by atoms with Gasteiger partial charge in [-0.15, -0.1) is 0 Å². The predicted octanol–water partition coefficient (Wildman–Crippen LogP) is 15.4. The van der Waals surface area contributed by atoms with E-state index >= 15 is 0 Å². The number of rotatable bonds is 6. The molecule has 7 aromatic rings. The summed E-state index contributed by atoms with van der Waals surface area (Å²) in [4.78, 5) is 5.40. The third-order valence-corrected chi connectivity index (χ3v) is 18.3. The number of hydrogen-bond acceptors (Lipinski definition) is 4. The Hall–Kier alpha value is -4.64. The number of fused-ring (bicyclic) bond motifs is 8.